The van der Waals surface area contributed by atoms with Gasteiger partial charge in [0.25, 0.3) is 6.47 Å². The molecule has 3 heterocycles. The number of pyridine rings is 2. The molecule has 8 heteroatoms. The molecule has 0 spiro atoms. The van der Waals surface area contributed by atoms with Crippen LogP contribution in [0, 0.1) is 18.3 Å². The first-order valence-electron chi connectivity index (χ1n) is 7.20. The van der Waals surface area contributed by atoms with Crippen LogP contribution in [0.3, 0.4) is 0 Å². The third-order valence-electron chi connectivity index (χ3n) is 3.51. The number of aromatic nitrogens is 4. The van der Waals surface area contributed by atoms with Crippen molar-refractivity contribution in [2.24, 2.45) is 7.05 Å². The first-order valence-corrected chi connectivity index (χ1v) is 7.20. The first kappa shape index (κ1) is 17.6. The maximum Gasteiger partial charge on any atom is 0.290 e. The number of nitrogens with zero attached hydrogens (tertiary/aromatic N) is 5. The molecule has 0 saturated carbocycles. The van der Waals surface area contributed by atoms with E-state index >= 15 is 0 Å². The van der Waals surface area contributed by atoms with Crippen molar-refractivity contribution in [3.63, 3.8) is 0 Å². The molecule has 3 aromatic heterocycles. The highest BCUT2D eigenvalue weighted by Crippen LogP contribution is 2.35. The van der Waals surface area contributed by atoms with Crippen LogP contribution in [-0.4, -0.2) is 31.3 Å². The van der Waals surface area contributed by atoms with Crippen LogP contribution >= 0.6 is 0 Å². The summed E-state index contributed by atoms with van der Waals surface area (Å²) in [5.41, 5.74) is 10.5. The lowest BCUT2D eigenvalue weighted by molar-refractivity contribution is -0.122. The Morgan fingerprint density at radius 2 is 2.08 bits per heavy atom. The minimum Gasteiger partial charge on any atom is -0.483 e. The zero-order chi connectivity index (χ0) is 18.4. The quantitative estimate of drug-likeness (QED) is 0.684. The van der Waals surface area contributed by atoms with E-state index in [1.807, 2.05) is 32.3 Å². The van der Waals surface area contributed by atoms with Gasteiger partial charge in [0.2, 0.25) is 0 Å². The molecule has 3 rings (SSSR count). The zero-order valence-corrected chi connectivity index (χ0v) is 13.7. The van der Waals surface area contributed by atoms with Gasteiger partial charge in [-0.3, -0.25) is 14.5 Å². The Morgan fingerprint density at radius 3 is 2.60 bits per heavy atom. The highest BCUT2D eigenvalue weighted by Gasteiger charge is 2.18. The Bertz CT molecular complexity index is 928. The second kappa shape index (κ2) is 7.70. The summed E-state index contributed by atoms with van der Waals surface area (Å²) in [7, 11) is 1.84. The summed E-state index contributed by atoms with van der Waals surface area (Å²) in [6.45, 7) is 1.68. The van der Waals surface area contributed by atoms with Crippen molar-refractivity contribution in [2.45, 2.75) is 6.92 Å². The summed E-state index contributed by atoms with van der Waals surface area (Å²) in [4.78, 5) is 16.9. The van der Waals surface area contributed by atoms with Gasteiger partial charge in [0.05, 0.1) is 11.9 Å². The monoisotopic (exact) mass is 336 g/mol. The SMILES string of the molecule is Cc1c(-c2cnn(C)c2)nc(N)c(C#N)c1-c1cccnc1.O=CO. The van der Waals surface area contributed by atoms with Gasteiger partial charge in [0.1, 0.15) is 17.5 Å². The zero-order valence-electron chi connectivity index (χ0n) is 13.7. The van der Waals surface area contributed by atoms with Crippen LogP contribution in [0.25, 0.3) is 22.4 Å². The summed E-state index contributed by atoms with van der Waals surface area (Å²) >= 11 is 0. The molecule has 126 valence electrons. The maximum absolute atomic E-state index is 9.44. The number of nitrogens with two attached hydrogens (primary N) is 1. The second-order valence-corrected chi connectivity index (χ2v) is 5.08. The molecule has 0 aromatic carbocycles. The lowest BCUT2D eigenvalue weighted by Gasteiger charge is -2.13. The molecule has 0 aliphatic rings. The van der Waals surface area contributed by atoms with E-state index < -0.39 is 0 Å². The molecule has 0 amide bonds. The Labute approximate surface area is 144 Å². The van der Waals surface area contributed by atoms with Crippen molar-refractivity contribution in [2.75, 3.05) is 5.73 Å². The fraction of sp³-hybridized carbons (Fsp3) is 0.118. The van der Waals surface area contributed by atoms with Gasteiger partial charge >= 0.3 is 0 Å². The van der Waals surface area contributed by atoms with Gasteiger partial charge in [-0.2, -0.15) is 10.4 Å². The Kier molecular flexibility index (Phi) is 5.43. The van der Waals surface area contributed by atoms with Gasteiger partial charge in [0.15, 0.2) is 0 Å². The number of anilines is 1. The third-order valence-corrected chi connectivity index (χ3v) is 3.51. The molecule has 0 bridgehead atoms. The minimum atomic E-state index is -0.250. The average Bonchev–Trinajstić information content (AvgIpc) is 3.04. The fourth-order valence-corrected chi connectivity index (χ4v) is 2.50. The highest BCUT2D eigenvalue weighted by atomic mass is 16.3. The van der Waals surface area contributed by atoms with Gasteiger partial charge in [-0.05, 0) is 18.6 Å². The first-order chi connectivity index (χ1) is 12.0. The summed E-state index contributed by atoms with van der Waals surface area (Å²) in [6, 6.07) is 5.89. The van der Waals surface area contributed by atoms with E-state index in [1.54, 1.807) is 23.3 Å². The smallest absolute Gasteiger partial charge is 0.290 e. The minimum absolute atomic E-state index is 0.214. The number of carbonyl (C=O) groups is 1. The van der Waals surface area contributed by atoms with Crippen LogP contribution in [0.2, 0.25) is 0 Å². The predicted molar refractivity (Wildman–Crippen MR) is 92.2 cm³/mol. The molecule has 0 aliphatic heterocycles. The molecule has 3 N–H and O–H groups in total. The molecule has 0 saturated heterocycles. The summed E-state index contributed by atoms with van der Waals surface area (Å²) in [5, 5.41) is 20.5. The van der Waals surface area contributed by atoms with Gasteiger partial charge in [-0.1, -0.05) is 6.07 Å². The van der Waals surface area contributed by atoms with E-state index in [-0.39, 0.29) is 12.3 Å². The topological polar surface area (TPSA) is 131 Å². The Balaban J connectivity index is 0.000000701. The standard InChI is InChI=1S/C16H14N6.CH2O2/c1-10-14(11-4-3-5-19-7-11)13(6-17)16(18)21-15(10)12-8-20-22(2)9-12;2-1-3/h3-5,7-9H,1-2H3,(H2,18,21);1H,(H,2,3). The predicted octanol–water partition coefficient (Wildman–Crippen LogP) is 2.01. The van der Waals surface area contributed by atoms with E-state index in [0.29, 0.717) is 5.56 Å². The molecular formula is C17H16N6O2. The maximum atomic E-state index is 9.44. The summed E-state index contributed by atoms with van der Waals surface area (Å²) in [5.74, 6) is 0.214. The molecule has 0 unspecified atom stereocenters. The normalized spacial score (nSPS) is 9.64. The highest BCUT2D eigenvalue weighted by molar-refractivity contribution is 5.83. The van der Waals surface area contributed by atoms with Crippen LogP contribution in [-0.2, 0) is 11.8 Å². The van der Waals surface area contributed by atoms with E-state index in [2.05, 4.69) is 21.1 Å². The van der Waals surface area contributed by atoms with Gasteiger partial charge in [-0.25, -0.2) is 4.98 Å². The van der Waals surface area contributed by atoms with Crippen molar-refractivity contribution in [3.05, 3.63) is 48.0 Å². The van der Waals surface area contributed by atoms with Crippen LogP contribution < -0.4 is 5.73 Å². The van der Waals surface area contributed by atoms with Crippen molar-refractivity contribution < 1.29 is 9.90 Å². The lowest BCUT2D eigenvalue weighted by atomic mass is 9.94. The number of hydrogen-bond acceptors (Lipinski definition) is 6. The lowest BCUT2D eigenvalue weighted by Crippen LogP contribution is -2.03. The molecule has 25 heavy (non-hydrogen) atoms. The number of nitrogen functional groups attached to an aromatic ring is 1. The van der Waals surface area contributed by atoms with E-state index in [1.165, 1.54) is 0 Å². The molecule has 3 aromatic rings. The number of rotatable bonds is 2. The molecule has 0 fully saturated rings. The second-order valence-electron chi connectivity index (χ2n) is 5.08. The third kappa shape index (κ3) is 3.61. The molecule has 0 aliphatic carbocycles. The van der Waals surface area contributed by atoms with Crippen molar-refractivity contribution in [1.82, 2.24) is 19.7 Å². The van der Waals surface area contributed by atoms with E-state index in [0.717, 1.165) is 27.9 Å². The van der Waals surface area contributed by atoms with Crippen LogP contribution in [0.15, 0.2) is 36.9 Å². The van der Waals surface area contributed by atoms with Crippen molar-refractivity contribution in [3.8, 4) is 28.5 Å². The average molecular weight is 336 g/mol. The van der Waals surface area contributed by atoms with Crippen molar-refractivity contribution in [1.29, 1.82) is 5.26 Å². The summed E-state index contributed by atoms with van der Waals surface area (Å²) < 4.78 is 1.70. The summed E-state index contributed by atoms with van der Waals surface area (Å²) in [6.07, 6.45) is 7.01. The molecule has 8 nitrogen and oxygen atoms in total. The number of carboxylic acid groups (broad SMARTS) is 1. The van der Waals surface area contributed by atoms with Crippen LogP contribution in [0.5, 0.6) is 0 Å². The number of aryl methyl sites for hydroxylation is 1. The fourth-order valence-electron chi connectivity index (χ4n) is 2.50. The van der Waals surface area contributed by atoms with Gasteiger partial charge in [0, 0.05) is 42.3 Å². The van der Waals surface area contributed by atoms with Gasteiger partial charge < -0.3 is 10.8 Å². The van der Waals surface area contributed by atoms with Crippen molar-refractivity contribution >= 4 is 12.3 Å². The van der Waals surface area contributed by atoms with E-state index in [9.17, 15) is 5.26 Å². The molecule has 0 atom stereocenters. The molecule has 0 radical (unpaired) electrons. The number of hydrogen-bond donors (Lipinski definition) is 2. The van der Waals surface area contributed by atoms with E-state index in [4.69, 9.17) is 15.6 Å². The van der Waals surface area contributed by atoms with Gasteiger partial charge in [-0.15, -0.1) is 0 Å². The Hall–Kier alpha value is -3.73. The van der Waals surface area contributed by atoms with Crippen LogP contribution in [0.4, 0.5) is 5.82 Å². The number of nitriles is 1. The Morgan fingerprint density at radius 1 is 1.36 bits per heavy atom. The largest absolute Gasteiger partial charge is 0.483 e. The van der Waals surface area contributed by atoms with Crippen LogP contribution in [0.1, 0.15) is 11.1 Å². The molecular weight excluding hydrogens is 320 g/mol.